The quantitative estimate of drug-likeness (QED) is 0.887. The van der Waals surface area contributed by atoms with Crippen molar-refractivity contribution in [2.24, 2.45) is 0 Å². The van der Waals surface area contributed by atoms with Crippen LogP contribution in [-0.4, -0.2) is 25.1 Å². The van der Waals surface area contributed by atoms with Gasteiger partial charge in [0, 0.05) is 31.7 Å². The number of rotatable bonds is 3. The zero-order valence-electron chi connectivity index (χ0n) is 10.9. The summed E-state index contributed by atoms with van der Waals surface area (Å²) in [5, 5.41) is 5.46. The predicted molar refractivity (Wildman–Crippen MR) is 77.6 cm³/mol. The maximum atomic E-state index is 11.7. The Kier molecular flexibility index (Phi) is 3.97. The van der Waals surface area contributed by atoms with Gasteiger partial charge < -0.3 is 15.5 Å². The van der Waals surface area contributed by atoms with Crippen molar-refractivity contribution in [1.82, 2.24) is 4.98 Å². The number of pyridine rings is 1. The molecule has 19 heavy (non-hydrogen) atoms. The number of benzene rings is 1. The van der Waals surface area contributed by atoms with Gasteiger partial charge in [-0.3, -0.25) is 4.98 Å². The first-order valence-electron chi connectivity index (χ1n) is 5.90. The van der Waals surface area contributed by atoms with E-state index in [4.69, 9.17) is 0 Å². The van der Waals surface area contributed by atoms with Gasteiger partial charge in [0.25, 0.3) is 0 Å². The molecule has 1 heterocycles. The van der Waals surface area contributed by atoms with E-state index in [-0.39, 0.29) is 6.03 Å². The number of nitrogens with one attached hydrogen (secondary N) is 2. The molecule has 0 bridgehead atoms. The zero-order valence-corrected chi connectivity index (χ0v) is 10.9. The van der Waals surface area contributed by atoms with E-state index in [1.807, 2.05) is 43.3 Å². The Hall–Kier alpha value is -2.56. The van der Waals surface area contributed by atoms with Gasteiger partial charge in [-0.15, -0.1) is 0 Å². The van der Waals surface area contributed by atoms with Crippen molar-refractivity contribution in [3.63, 3.8) is 0 Å². The van der Waals surface area contributed by atoms with Crippen molar-refractivity contribution < 1.29 is 4.79 Å². The van der Waals surface area contributed by atoms with Gasteiger partial charge in [-0.05, 0) is 36.4 Å². The summed E-state index contributed by atoms with van der Waals surface area (Å²) in [6.07, 6.45) is 3.25. The van der Waals surface area contributed by atoms with Crippen molar-refractivity contribution in [3.05, 3.63) is 48.8 Å². The smallest absolute Gasteiger partial charge is 0.323 e. The number of carbonyl (C=O) groups is 1. The third-order valence-corrected chi connectivity index (χ3v) is 2.56. The molecule has 1 aromatic heterocycles. The van der Waals surface area contributed by atoms with Gasteiger partial charge in [0.15, 0.2) is 0 Å². The second-order valence-corrected chi connectivity index (χ2v) is 4.26. The summed E-state index contributed by atoms with van der Waals surface area (Å²) in [5.41, 5.74) is 2.48. The summed E-state index contributed by atoms with van der Waals surface area (Å²) in [6.45, 7) is 0. The first kappa shape index (κ1) is 12.9. The second-order valence-electron chi connectivity index (χ2n) is 4.26. The number of urea groups is 1. The minimum atomic E-state index is -0.286. The average Bonchev–Trinajstić information content (AvgIpc) is 2.40. The van der Waals surface area contributed by atoms with E-state index < -0.39 is 0 Å². The van der Waals surface area contributed by atoms with Crippen LogP contribution in [0.1, 0.15) is 0 Å². The molecule has 1 aromatic carbocycles. The predicted octanol–water partition coefficient (Wildman–Crippen LogP) is 2.79. The van der Waals surface area contributed by atoms with E-state index in [0.717, 1.165) is 11.4 Å². The number of hydrogen-bond donors (Lipinski definition) is 2. The molecule has 0 aliphatic carbocycles. The van der Waals surface area contributed by atoms with Crippen LogP contribution in [0, 0.1) is 0 Å². The summed E-state index contributed by atoms with van der Waals surface area (Å²) >= 11 is 0. The Morgan fingerprint density at radius 3 is 2.32 bits per heavy atom. The van der Waals surface area contributed by atoms with E-state index >= 15 is 0 Å². The van der Waals surface area contributed by atoms with Crippen molar-refractivity contribution in [1.29, 1.82) is 0 Å². The minimum absolute atomic E-state index is 0.286. The highest BCUT2D eigenvalue weighted by Gasteiger charge is 2.02. The Morgan fingerprint density at radius 1 is 1.05 bits per heavy atom. The monoisotopic (exact) mass is 256 g/mol. The van der Waals surface area contributed by atoms with E-state index in [1.165, 1.54) is 0 Å². The van der Waals surface area contributed by atoms with E-state index in [9.17, 15) is 4.79 Å². The van der Waals surface area contributed by atoms with Crippen LogP contribution in [0.25, 0.3) is 0 Å². The molecule has 2 aromatic rings. The van der Waals surface area contributed by atoms with Gasteiger partial charge in [0.2, 0.25) is 0 Å². The minimum Gasteiger partial charge on any atom is -0.378 e. The van der Waals surface area contributed by atoms with E-state index in [1.54, 1.807) is 24.5 Å². The van der Waals surface area contributed by atoms with Crippen LogP contribution in [0.4, 0.5) is 21.9 Å². The lowest BCUT2D eigenvalue weighted by atomic mass is 10.2. The van der Waals surface area contributed by atoms with Crippen LogP contribution < -0.4 is 15.5 Å². The third kappa shape index (κ3) is 3.70. The zero-order chi connectivity index (χ0) is 13.7. The highest BCUT2D eigenvalue weighted by atomic mass is 16.2. The molecule has 2 amide bonds. The summed E-state index contributed by atoms with van der Waals surface area (Å²) in [7, 11) is 3.94. The lowest BCUT2D eigenvalue weighted by molar-refractivity contribution is 0.262. The molecule has 0 saturated heterocycles. The molecule has 5 nitrogen and oxygen atoms in total. The van der Waals surface area contributed by atoms with Crippen molar-refractivity contribution >= 4 is 23.1 Å². The Balaban J connectivity index is 1.95. The average molecular weight is 256 g/mol. The van der Waals surface area contributed by atoms with Gasteiger partial charge in [-0.2, -0.15) is 0 Å². The summed E-state index contributed by atoms with van der Waals surface area (Å²) in [4.78, 5) is 17.7. The Labute approximate surface area is 112 Å². The maximum absolute atomic E-state index is 11.7. The molecular formula is C14H16N4O. The van der Waals surface area contributed by atoms with Crippen LogP contribution in [0.5, 0.6) is 0 Å². The molecule has 5 heteroatoms. The largest absolute Gasteiger partial charge is 0.378 e. The number of anilines is 3. The van der Waals surface area contributed by atoms with Crippen molar-refractivity contribution in [3.8, 4) is 0 Å². The van der Waals surface area contributed by atoms with Gasteiger partial charge in [-0.25, -0.2) is 4.79 Å². The normalized spacial score (nSPS) is 9.79. The van der Waals surface area contributed by atoms with E-state index in [2.05, 4.69) is 15.6 Å². The fourth-order valence-corrected chi connectivity index (χ4v) is 1.57. The topological polar surface area (TPSA) is 57.3 Å². The van der Waals surface area contributed by atoms with Crippen LogP contribution in [0.3, 0.4) is 0 Å². The number of amides is 2. The van der Waals surface area contributed by atoms with Crippen LogP contribution in [0.2, 0.25) is 0 Å². The molecule has 2 N–H and O–H groups in total. The van der Waals surface area contributed by atoms with E-state index in [0.29, 0.717) is 5.69 Å². The standard InChI is InChI=1S/C14H16N4O/c1-18(2)13-7-5-11(6-8-13)16-14(19)17-12-4-3-9-15-10-12/h3-10H,1-2H3,(H2,16,17,19). The number of nitrogens with zero attached hydrogens (tertiary/aromatic N) is 2. The van der Waals surface area contributed by atoms with Crippen molar-refractivity contribution in [2.45, 2.75) is 0 Å². The number of carbonyl (C=O) groups excluding carboxylic acids is 1. The van der Waals surface area contributed by atoms with Crippen LogP contribution >= 0.6 is 0 Å². The molecule has 0 unspecified atom stereocenters. The Bertz CT molecular complexity index is 537. The van der Waals surface area contributed by atoms with Gasteiger partial charge in [-0.1, -0.05) is 0 Å². The van der Waals surface area contributed by atoms with Gasteiger partial charge in [0.1, 0.15) is 0 Å². The lowest BCUT2D eigenvalue weighted by Crippen LogP contribution is -2.19. The fraction of sp³-hybridized carbons (Fsp3) is 0.143. The van der Waals surface area contributed by atoms with Crippen LogP contribution in [0.15, 0.2) is 48.8 Å². The molecule has 2 rings (SSSR count). The molecule has 0 saturated carbocycles. The molecule has 98 valence electrons. The summed E-state index contributed by atoms with van der Waals surface area (Å²) in [6, 6.07) is 10.9. The third-order valence-electron chi connectivity index (χ3n) is 2.56. The maximum Gasteiger partial charge on any atom is 0.323 e. The molecule has 0 aliphatic heterocycles. The first-order chi connectivity index (χ1) is 9.15. The Morgan fingerprint density at radius 2 is 1.74 bits per heavy atom. The lowest BCUT2D eigenvalue weighted by Gasteiger charge is -2.13. The van der Waals surface area contributed by atoms with Crippen molar-refractivity contribution in [2.75, 3.05) is 29.6 Å². The molecular weight excluding hydrogens is 240 g/mol. The van der Waals surface area contributed by atoms with Gasteiger partial charge in [0.05, 0.1) is 11.9 Å². The molecule has 0 aliphatic rings. The number of hydrogen-bond acceptors (Lipinski definition) is 3. The SMILES string of the molecule is CN(C)c1ccc(NC(=O)Nc2cccnc2)cc1. The molecule has 0 spiro atoms. The summed E-state index contributed by atoms with van der Waals surface area (Å²) in [5.74, 6) is 0. The molecule has 0 fully saturated rings. The number of aromatic nitrogens is 1. The van der Waals surface area contributed by atoms with Crippen LogP contribution in [-0.2, 0) is 0 Å². The highest BCUT2D eigenvalue weighted by molar-refractivity contribution is 5.99. The highest BCUT2D eigenvalue weighted by Crippen LogP contribution is 2.15. The first-order valence-corrected chi connectivity index (χ1v) is 5.90. The molecule has 0 atom stereocenters. The van der Waals surface area contributed by atoms with Gasteiger partial charge >= 0.3 is 6.03 Å². The fourth-order valence-electron chi connectivity index (χ4n) is 1.57. The molecule has 0 radical (unpaired) electrons. The second kappa shape index (κ2) is 5.86. The summed E-state index contributed by atoms with van der Waals surface area (Å²) < 4.78 is 0.